The molecule has 0 heterocycles. The van der Waals surface area contributed by atoms with Crippen molar-refractivity contribution in [2.75, 3.05) is 0 Å². The fourth-order valence-electron chi connectivity index (χ4n) is 0.819. The van der Waals surface area contributed by atoms with Crippen LogP contribution in [-0.2, 0) is 4.79 Å². The molecule has 0 aliphatic heterocycles. The topological polar surface area (TPSA) is 52.3 Å². The minimum atomic E-state index is -0.660. The average Bonchev–Trinajstić information content (AvgIpc) is 2.09. The Hall–Kier alpha value is -0.740. The van der Waals surface area contributed by atoms with Crippen LogP contribution in [0.3, 0.4) is 0 Å². The number of nitrogens with two attached hydrogens (primary N) is 1. The van der Waals surface area contributed by atoms with Gasteiger partial charge in [-0.25, -0.2) is 0 Å². The molecule has 0 saturated carbocycles. The van der Waals surface area contributed by atoms with Crippen LogP contribution in [0.4, 0.5) is 0 Å². The molecule has 3 nitrogen and oxygen atoms in total. The highest BCUT2D eigenvalue weighted by atomic mass is 79.9. The second kappa shape index (κ2) is 4.66. The molecular formula is C9H9BrClNO2. The first-order valence-electron chi connectivity index (χ1n) is 3.91. The van der Waals surface area contributed by atoms with E-state index in [0.29, 0.717) is 15.2 Å². The monoisotopic (exact) mass is 277 g/mol. The van der Waals surface area contributed by atoms with Crippen LogP contribution in [0.1, 0.15) is 6.92 Å². The summed E-state index contributed by atoms with van der Waals surface area (Å²) in [6, 6.07) is 5.03. The number of rotatable bonds is 3. The van der Waals surface area contributed by atoms with Crippen LogP contribution >= 0.6 is 27.5 Å². The van der Waals surface area contributed by atoms with Crippen molar-refractivity contribution >= 4 is 33.4 Å². The van der Waals surface area contributed by atoms with E-state index >= 15 is 0 Å². The van der Waals surface area contributed by atoms with Crippen LogP contribution in [0.25, 0.3) is 0 Å². The van der Waals surface area contributed by atoms with Crippen molar-refractivity contribution in [3.05, 3.63) is 27.7 Å². The van der Waals surface area contributed by atoms with E-state index in [1.165, 1.54) is 0 Å². The second-order valence-electron chi connectivity index (χ2n) is 2.74. The van der Waals surface area contributed by atoms with Gasteiger partial charge in [0.2, 0.25) is 0 Å². The first-order chi connectivity index (χ1) is 6.50. The molecule has 14 heavy (non-hydrogen) atoms. The Balaban J connectivity index is 2.82. The van der Waals surface area contributed by atoms with Gasteiger partial charge in [0.05, 0.1) is 4.47 Å². The summed E-state index contributed by atoms with van der Waals surface area (Å²) in [6.07, 6.45) is -0.660. The van der Waals surface area contributed by atoms with Crippen molar-refractivity contribution in [2.24, 2.45) is 5.73 Å². The lowest BCUT2D eigenvalue weighted by atomic mass is 10.3. The molecule has 1 amide bonds. The predicted molar refractivity (Wildman–Crippen MR) is 58.4 cm³/mol. The molecular weight excluding hydrogens is 269 g/mol. The highest BCUT2D eigenvalue weighted by Crippen LogP contribution is 2.28. The molecule has 0 unspecified atom stereocenters. The van der Waals surface area contributed by atoms with Crippen molar-refractivity contribution < 1.29 is 9.53 Å². The first-order valence-corrected chi connectivity index (χ1v) is 5.09. The van der Waals surface area contributed by atoms with Crippen molar-refractivity contribution in [3.63, 3.8) is 0 Å². The minimum absolute atomic E-state index is 0.508. The van der Waals surface area contributed by atoms with Crippen molar-refractivity contribution in [3.8, 4) is 5.75 Å². The van der Waals surface area contributed by atoms with E-state index in [-0.39, 0.29) is 0 Å². The number of ether oxygens (including phenoxy) is 1. The highest BCUT2D eigenvalue weighted by molar-refractivity contribution is 9.10. The Bertz CT molecular complexity index is 357. The maximum Gasteiger partial charge on any atom is 0.258 e. The molecule has 0 bridgehead atoms. The van der Waals surface area contributed by atoms with Gasteiger partial charge in [0.15, 0.2) is 6.10 Å². The van der Waals surface area contributed by atoms with Crippen LogP contribution in [0, 0.1) is 0 Å². The molecule has 0 aliphatic carbocycles. The molecule has 2 N–H and O–H groups in total. The Morgan fingerprint density at radius 2 is 2.29 bits per heavy atom. The Labute approximate surface area is 95.3 Å². The van der Waals surface area contributed by atoms with Crippen molar-refractivity contribution in [2.45, 2.75) is 13.0 Å². The maximum absolute atomic E-state index is 10.7. The first kappa shape index (κ1) is 11.3. The van der Waals surface area contributed by atoms with Gasteiger partial charge in [-0.2, -0.15) is 0 Å². The zero-order valence-electron chi connectivity index (χ0n) is 7.46. The molecule has 0 aromatic heterocycles. The maximum atomic E-state index is 10.7. The fraction of sp³-hybridized carbons (Fsp3) is 0.222. The molecule has 0 fully saturated rings. The van der Waals surface area contributed by atoms with Crippen LogP contribution in [0.15, 0.2) is 22.7 Å². The van der Waals surface area contributed by atoms with Gasteiger partial charge in [-0.1, -0.05) is 11.6 Å². The molecule has 76 valence electrons. The van der Waals surface area contributed by atoms with Crippen molar-refractivity contribution in [1.82, 2.24) is 0 Å². The van der Waals surface area contributed by atoms with Gasteiger partial charge < -0.3 is 10.5 Å². The summed E-state index contributed by atoms with van der Waals surface area (Å²) in [5.41, 5.74) is 5.06. The number of benzene rings is 1. The standard InChI is InChI=1S/C9H9BrClNO2/c1-5(9(12)13)14-8-3-2-6(11)4-7(8)10/h2-5H,1H3,(H2,12,13)/t5-/m1/s1. The Morgan fingerprint density at radius 1 is 1.64 bits per heavy atom. The zero-order chi connectivity index (χ0) is 10.7. The van der Waals surface area contributed by atoms with E-state index < -0.39 is 12.0 Å². The fourth-order valence-corrected chi connectivity index (χ4v) is 1.60. The Kier molecular flexibility index (Phi) is 3.77. The third-order valence-electron chi connectivity index (χ3n) is 1.60. The number of amides is 1. The third-order valence-corrected chi connectivity index (χ3v) is 2.45. The average molecular weight is 279 g/mol. The summed E-state index contributed by atoms with van der Waals surface area (Å²) in [4.78, 5) is 10.7. The summed E-state index contributed by atoms with van der Waals surface area (Å²) in [6.45, 7) is 1.59. The summed E-state index contributed by atoms with van der Waals surface area (Å²) in [7, 11) is 0. The van der Waals surface area contributed by atoms with E-state index in [0.717, 1.165) is 0 Å². The summed E-state index contributed by atoms with van der Waals surface area (Å²) in [5.74, 6) is 0.0348. The van der Waals surface area contributed by atoms with E-state index in [9.17, 15) is 4.79 Å². The third kappa shape index (κ3) is 2.89. The molecule has 0 spiro atoms. The molecule has 0 radical (unpaired) electrons. The molecule has 1 atom stereocenters. The van der Waals surface area contributed by atoms with Crippen LogP contribution in [0.5, 0.6) is 5.75 Å². The summed E-state index contributed by atoms with van der Waals surface area (Å²) in [5, 5.41) is 0.593. The van der Waals surface area contributed by atoms with Gasteiger partial charge in [0, 0.05) is 5.02 Å². The minimum Gasteiger partial charge on any atom is -0.480 e. The summed E-state index contributed by atoms with van der Waals surface area (Å²) >= 11 is 9.00. The number of primary amides is 1. The van der Waals surface area contributed by atoms with Crippen LogP contribution in [0.2, 0.25) is 5.02 Å². The molecule has 0 aliphatic rings. The molecule has 5 heteroatoms. The van der Waals surface area contributed by atoms with Gasteiger partial charge in [-0.3, -0.25) is 4.79 Å². The SMILES string of the molecule is C[C@@H](Oc1ccc(Cl)cc1Br)C(N)=O. The molecule has 1 rings (SSSR count). The van der Waals surface area contributed by atoms with Gasteiger partial charge in [0.1, 0.15) is 5.75 Å². The van der Waals surface area contributed by atoms with Crippen LogP contribution in [-0.4, -0.2) is 12.0 Å². The smallest absolute Gasteiger partial charge is 0.258 e. The van der Waals surface area contributed by atoms with Gasteiger partial charge in [-0.15, -0.1) is 0 Å². The number of carbonyl (C=O) groups is 1. The number of halogens is 2. The van der Waals surface area contributed by atoms with E-state index in [2.05, 4.69) is 15.9 Å². The van der Waals surface area contributed by atoms with E-state index in [4.69, 9.17) is 22.1 Å². The van der Waals surface area contributed by atoms with E-state index in [1.54, 1.807) is 25.1 Å². The lowest BCUT2D eigenvalue weighted by Crippen LogP contribution is -2.30. The molecule has 1 aromatic carbocycles. The molecule has 1 aromatic rings. The van der Waals surface area contributed by atoms with Gasteiger partial charge in [-0.05, 0) is 41.1 Å². The predicted octanol–water partition coefficient (Wildman–Crippen LogP) is 2.36. The van der Waals surface area contributed by atoms with Gasteiger partial charge in [0.25, 0.3) is 5.91 Å². The highest BCUT2D eigenvalue weighted by Gasteiger charge is 2.12. The molecule has 0 saturated heterocycles. The number of hydrogen-bond acceptors (Lipinski definition) is 2. The zero-order valence-corrected chi connectivity index (χ0v) is 9.80. The normalized spacial score (nSPS) is 12.2. The largest absolute Gasteiger partial charge is 0.480 e. The second-order valence-corrected chi connectivity index (χ2v) is 4.03. The van der Waals surface area contributed by atoms with E-state index in [1.807, 2.05) is 0 Å². The lowest BCUT2D eigenvalue weighted by Gasteiger charge is -2.12. The van der Waals surface area contributed by atoms with Gasteiger partial charge >= 0.3 is 0 Å². The summed E-state index contributed by atoms with van der Waals surface area (Å²) < 4.78 is 5.97. The lowest BCUT2D eigenvalue weighted by molar-refractivity contribution is -0.124. The van der Waals surface area contributed by atoms with Crippen LogP contribution < -0.4 is 10.5 Å². The van der Waals surface area contributed by atoms with Crippen molar-refractivity contribution in [1.29, 1.82) is 0 Å². The quantitative estimate of drug-likeness (QED) is 0.923. The Morgan fingerprint density at radius 3 is 2.79 bits per heavy atom. The number of hydrogen-bond donors (Lipinski definition) is 1. The number of carbonyl (C=O) groups excluding carboxylic acids is 1.